The summed E-state index contributed by atoms with van der Waals surface area (Å²) in [5, 5.41) is 0. The molecule has 0 spiro atoms. The van der Waals surface area contributed by atoms with E-state index in [1.165, 1.54) is 6.92 Å². The Kier molecular flexibility index (Phi) is 7.75. The predicted octanol–water partition coefficient (Wildman–Crippen LogP) is 3.83. The fraction of sp³-hybridized carbons (Fsp3) is 0.867. The third-order valence-electron chi connectivity index (χ3n) is 3.03. The van der Waals surface area contributed by atoms with Crippen molar-refractivity contribution >= 4 is 19.9 Å². The number of rotatable bonds is 9. The van der Waals surface area contributed by atoms with Crippen molar-refractivity contribution in [2.45, 2.75) is 72.7 Å². The molecule has 0 aliphatic carbocycles. The first-order valence-electron chi connectivity index (χ1n) is 7.22. The highest BCUT2D eigenvalue weighted by Gasteiger charge is 2.28. The van der Waals surface area contributed by atoms with Gasteiger partial charge in [0.25, 0.3) is 0 Å². The van der Waals surface area contributed by atoms with Gasteiger partial charge in [-0.25, -0.2) is 0 Å². The van der Waals surface area contributed by atoms with E-state index < -0.39 is 8.32 Å². The molecule has 0 aliphatic heterocycles. The zero-order chi connectivity index (χ0) is 15.2. The van der Waals surface area contributed by atoms with Crippen LogP contribution >= 0.6 is 0 Å². The van der Waals surface area contributed by atoms with E-state index in [9.17, 15) is 9.59 Å². The maximum absolute atomic E-state index is 11.6. The lowest BCUT2D eigenvalue weighted by molar-refractivity contribution is -0.126. The molecule has 0 saturated carbocycles. The van der Waals surface area contributed by atoms with E-state index in [4.69, 9.17) is 4.43 Å². The Morgan fingerprint density at radius 2 is 1.63 bits per heavy atom. The Balaban J connectivity index is 4.37. The number of Topliss-reactive ketones (excluding diaryl/α,β-unsaturated/α-hetero) is 2. The molecule has 0 saturated heterocycles. The van der Waals surface area contributed by atoms with Gasteiger partial charge in [0, 0.05) is 12.5 Å². The van der Waals surface area contributed by atoms with Gasteiger partial charge >= 0.3 is 0 Å². The molecular formula is C15H30O3Si. The molecule has 4 heteroatoms. The molecule has 3 nitrogen and oxygen atoms in total. The summed E-state index contributed by atoms with van der Waals surface area (Å²) >= 11 is 0. The standard InChI is InChI=1S/C15H30O3Si/c1-11(2)15(18-19(5,6)7)12(3)8-9-14(17)10-13(4)16/h11-12,15H,8-10H2,1-7H3/t12-,15+/m0/s1. The minimum absolute atomic E-state index is 0.0450. The lowest BCUT2D eigenvalue weighted by Gasteiger charge is -2.33. The normalized spacial score (nSPS) is 15.4. The number of hydrogen-bond acceptors (Lipinski definition) is 3. The summed E-state index contributed by atoms with van der Waals surface area (Å²) in [6.45, 7) is 14.5. The highest BCUT2D eigenvalue weighted by molar-refractivity contribution is 6.69. The summed E-state index contributed by atoms with van der Waals surface area (Å²) in [5.74, 6) is 0.804. The predicted molar refractivity (Wildman–Crippen MR) is 81.8 cm³/mol. The highest BCUT2D eigenvalue weighted by atomic mass is 28.4. The molecule has 0 amide bonds. The Labute approximate surface area is 119 Å². The Morgan fingerprint density at radius 1 is 1.11 bits per heavy atom. The Hall–Kier alpha value is -0.483. The van der Waals surface area contributed by atoms with Crippen LogP contribution in [0.1, 0.15) is 47.0 Å². The van der Waals surface area contributed by atoms with Gasteiger partial charge in [0.15, 0.2) is 8.32 Å². The summed E-state index contributed by atoms with van der Waals surface area (Å²) in [5.41, 5.74) is 0. The summed E-state index contributed by atoms with van der Waals surface area (Å²) in [7, 11) is -1.57. The first kappa shape index (κ1) is 18.5. The van der Waals surface area contributed by atoms with Crippen molar-refractivity contribution in [1.29, 1.82) is 0 Å². The van der Waals surface area contributed by atoms with Crippen LogP contribution in [0, 0.1) is 11.8 Å². The molecule has 0 rings (SSSR count). The van der Waals surface area contributed by atoms with Crippen molar-refractivity contribution in [1.82, 2.24) is 0 Å². The van der Waals surface area contributed by atoms with E-state index >= 15 is 0 Å². The molecule has 0 aliphatic rings. The van der Waals surface area contributed by atoms with Gasteiger partial charge in [0.2, 0.25) is 0 Å². The average molecular weight is 286 g/mol. The van der Waals surface area contributed by atoms with E-state index in [0.29, 0.717) is 18.3 Å². The topological polar surface area (TPSA) is 43.4 Å². The number of ketones is 2. The maximum Gasteiger partial charge on any atom is 0.184 e. The Bertz CT molecular complexity index is 305. The van der Waals surface area contributed by atoms with Crippen molar-refractivity contribution in [2.75, 3.05) is 0 Å². The van der Waals surface area contributed by atoms with Crippen LogP contribution in [0.15, 0.2) is 0 Å². The smallest absolute Gasteiger partial charge is 0.184 e. The van der Waals surface area contributed by atoms with Crippen LogP contribution in [-0.2, 0) is 14.0 Å². The second-order valence-electron chi connectivity index (χ2n) is 6.87. The van der Waals surface area contributed by atoms with Crippen LogP contribution in [0.25, 0.3) is 0 Å². The first-order valence-corrected chi connectivity index (χ1v) is 10.6. The highest BCUT2D eigenvalue weighted by Crippen LogP contribution is 2.24. The summed E-state index contributed by atoms with van der Waals surface area (Å²) in [4.78, 5) is 22.5. The molecule has 19 heavy (non-hydrogen) atoms. The monoisotopic (exact) mass is 286 g/mol. The van der Waals surface area contributed by atoms with Crippen LogP contribution < -0.4 is 0 Å². The van der Waals surface area contributed by atoms with Gasteiger partial charge in [-0.2, -0.15) is 0 Å². The minimum Gasteiger partial charge on any atom is -0.414 e. The van der Waals surface area contributed by atoms with E-state index in [0.717, 1.165) is 6.42 Å². The van der Waals surface area contributed by atoms with Gasteiger partial charge < -0.3 is 4.43 Å². The third-order valence-corrected chi connectivity index (χ3v) is 4.01. The molecule has 0 radical (unpaired) electrons. The molecule has 0 unspecified atom stereocenters. The molecule has 0 aromatic heterocycles. The SMILES string of the molecule is CC(=O)CC(=O)CC[C@H](C)[C@H](O[Si](C)(C)C)C(C)C. The summed E-state index contributed by atoms with van der Waals surface area (Å²) < 4.78 is 6.24. The molecule has 2 atom stereocenters. The van der Waals surface area contributed by atoms with Gasteiger partial charge in [-0.1, -0.05) is 20.8 Å². The fourth-order valence-electron chi connectivity index (χ4n) is 2.24. The van der Waals surface area contributed by atoms with Crippen LogP contribution in [0.5, 0.6) is 0 Å². The summed E-state index contributed by atoms with van der Waals surface area (Å²) in [6.07, 6.45) is 1.57. The van der Waals surface area contributed by atoms with Gasteiger partial charge in [-0.05, 0) is 44.8 Å². The van der Waals surface area contributed by atoms with Crippen molar-refractivity contribution in [2.24, 2.45) is 11.8 Å². The quantitative estimate of drug-likeness (QED) is 0.478. The summed E-state index contributed by atoms with van der Waals surface area (Å²) in [6, 6.07) is 0. The van der Waals surface area contributed by atoms with E-state index in [2.05, 4.69) is 40.4 Å². The lowest BCUT2D eigenvalue weighted by Crippen LogP contribution is -2.38. The van der Waals surface area contributed by atoms with E-state index in [1.807, 2.05) is 0 Å². The number of carbonyl (C=O) groups is 2. The zero-order valence-electron chi connectivity index (χ0n) is 13.6. The van der Waals surface area contributed by atoms with Crippen LogP contribution in [0.2, 0.25) is 19.6 Å². The van der Waals surface area contributed by atoms with Crippen molar-refractivity contribution in [3.05, 3.63) is 0 Å². The van der Waals surface area contributed by atoms with Crippen molar-refractivity contribution < 1.29 is 14.0 Å². The van der Waals surface area contributed by atoms with Crippen LogP contribution in [0.4, 0.5) is 0 Å². The molecule has 0 N–H and O–H groups in total. The van der Waals surface area contributed by atoms with Crippen LogP contribution in [0.3, 0.4) is 0 Å². The largest absolute Gasteiger partial charge is 0.414 e. The van der Waals surface area contributed by atoms with Gasteiger partial charge in [0.1, 0.15) is 11.6 Å². The first-order chi connectivity index (χ1) is 8.53. The third kappa shape index (κ3) is 9.11. The number of hydrogen-bond donors (Lipinski definition) is 0. The second-order valence-corrected chi connectivity index (χ2v) is 11.3. The molecule has 0 bridgehead atoms. The molecule has 112 valence electrons. The zero-order valence-corrected chi connectivity index (χ0v) is 14.6. The minimum atomic E-state index is -1.57. The molecule has 0 heterocycles. The van der Waals surface area contributed by atoms with Crippen molar-refractivity contribution in [3.63, 3.8) is 0 Å². The van der Waals surface area contributed by atoms with E-state index in [-0.39, 0.29) is 24.1 Å². The molecule has 0 aromatic carbocycles. The Morgan fingerprint density at radius 3 is 2.00 bits per heavy atom. The molecule has 0 aromatic rings. The van der Waals surface area contributed by atoms with Crippen molar-refractivity contribution in [3.8, 4) is 0 Å². The van der Waals surface area contributed by atoms with Crippen LogP contribution in [-0.4, -0.2) is 26.0 Å². The van der Waals surface area contributed by atoms with Gasteiger partial charge in [0.05, 0.1) is 6.42 Å². The van der Waals surface area contributed by atoms with Gasteiger partial charge in [-0.3, -0.25) is 9.59 Å². The van der Waals surface area contributed by atoms with Gasteiger partial charge in [-0.15, -0.1) is 0 Å². The average Bonchev–Trinajstić information content (AvgIpc) is 2.20. The number of carbonyl (C=O) groups excluding carboxylic acids is 2. The lowest BCUT2D eigenvalue weighted by atomic mass is 9.90. The van der Waals surface area contributed by atoms with E-state index in [1.54, 1.807) is 0 Å². The second kappa shape index (κ2) is 7.95. The fourth-order valence-corrected chi connectivity index (χ4v) is 3.56. The molecular weight excluding hydrogens is 256 g/mol. The maximum atomic E-state index is 11.6. The molecule has 0 fully saturated rings.